The van der Waals surface area contributed by atoms with E-state index in [1.165, 1.54) is 28.6 Å². The summed E-state index contributed by atoms with van der Waals surface area (Å²) in [5.41, 5.74) is 1.05. The third-order valence-corrected chi connectivity index (χ3v) is 8.38. The topological polar surface area (TPSA) is 96.6 Å². The molecule has 8 nitrogen and oxygen atoms in total. The molecular weight excluding hydrogens is 459 g/mol. The summed E-state index contributed by atoms with van der Waals surface area (Å²) >= 11 is 0. The van der Waals surface area contributed by atoms with Crippen LogP contribution in [0.15, 0.2) is 57.9 Å². The average molecular weight is 485 g/mol. The van der Waals surface area contributed by atoms with Gasteiger partial charge in [0.1, 0.15) is 5.82 Å². The third kappa shape index (κ3) is 4.47. The Bertz CT molecular complexity index is 1280. The standard InChI is InChI=1S/C24H25FN4O4S/c25-20-5-3-4-19(16-20)23-26-22(27-33-23)17-6-8-21(9-7-17)34(31,32)29-14-10-18(11-15-29)24(30)28-12-1-2-13-28/h3-9,16,18H,1-2,10-15H2. The van der Waals surface area contributed by atoms with Gasteiger partial charge in [0.15, 0.2) is 0 Å². The Kier molecular flexibility index (Phi) is 6.18. The van der Waals surface area contributed by atoms with Crippen LogP contribution < -0.4 is 0 Å². The second-order valence-corrected chi connectivity index (χ2v) is 10.6. The molecule has 2 saturated heterocycles. The van der Waals surface area contributed by atoms with E-state index < -0.39 is 15.8 Å². The number of nitrogens with zero attached hydrogens (tertiary/aromatic N) is 4. The molecule has 3 aromatic rings. The van der Waals surface area contributed by atoms with Crippen molar-refractivity contribution in [3.8, 4) is 22.8 Å². The smallest absolute Gasteiger partial charge is 0.258 e. The molecule has 1 aromatic heterocycles. The second kappa shape index (κ2) is 9.27. The van der Waals surface area contributed by atoms with E-state index in [4.69, 9.17) is 4.52 Å². The number of sulfonamides is 1. The van der Waals surface area contributed by atoms with Gasteiger partial charge >= 0.3 is 0 Å². The lowest BCUT2D eigenvalue weighted by molar-refractivity contribution is -0.135. The SMILES string of the molecule is O=C(C1CCN(S(=O)(=O)c2ccc(-c3noc(-c4cccc(F)c4)n3)cc2)CC1)N1CCCC1. The van der Waals surface area contributed by atoms with E-state index in [0.29, 0.717) is 37.1 Å². The van der Waals surface area contributed by atoms with Crippen LogP contribution in [0.3, 0.4) is 0 Å². The van der Waals surface area contributed by atoms with Gasteiger partial charge in [0.2, 0.25) is 21.8 Å². The van der Waals surface area contributed by atoms with Crippen LogP contribution in [0.25, 0.3) is 22.8 Å². The van der Waals surface area contributed by atoms with Crippen LogP contribution in [0.2, 0.25) is 0 Å². The molecule has 0 saturated carbocycles. The minimum absolute atomic E-state index is 0.0996. The molecule has 0 aliphatic carbocycles. The molecular formula is C24H25FN4O4S. The molecule has 0 unspecified atom stereocenters. The van der Waals surface area contributed by atoms with E-state index in [-0.39, 0.29) is 28.4 Å². The van der Waals surface area contributed by atoms with Crippen LogP contribution in [0.5, 0.6) is 0 Å². The summed E-state index contributed by atoms with van der Waals surface area (Å²) in [6, 6.07) is 12.1. The maximum absolute atomic E-state index is 13.5. The molecule has 0 radical (unpaired) electrons. The first kappa shape index (κ1) is 22.7. The quantitative estimate of drug-likeness (QED) is 0.549. The molecule has 0 spiro atoms. The number of hydrogen-bond donors (Lipinski definition) is 0. The van der Waals surface area contributed by atoms with Crippen LogP contribution in [0.1, 0.15) is 25.7 Å². The predicted octanol–water partition coefficient (Wildman–Crippen LogP) is 3.57. The summed E-state index contributed by atoms with van der Waals surface area (Å²) < 4.78 is 46.4. The number of halogens is 1. The van der Waals surface area contributed by atoms with Gasteiger partial charge in [-0.15, -0.1) is 0 Å². The Balaban J connectivity index is 1.26. The van der Waals surface area contributed by atoms with Crippen molar-refractivity contribution in [2.75, 3.05) is 26.2 Å². The minimum Gasteiger partial charge on any atom is -0.342 e. The van der Waals surface area contributed by atoms with Crippen LogP contribution in [0, 0.1) is 11.7 Å². The lowest BCUT2D eigenvalue weighted by Crippen LogP contribution is -2.43. The zero-order valence-corrected chi connectivity index (χ0v) is 19.4. The number of benzene rings is 2. The first-order valence-corrected chi connectivity index (χ1v) is 12.8. The van der Waals surface area contributed by atoms with Crippen molar-refractivity contribution in [1.29, 1.82) is 0 Å². The summed E-state index contributed by atoms with van der Waals surface area (Å²) in [4.78, 5) is 19.0. The normalized spacial score (nSPS) is 17.9. The van der Waals surface area contributed by atoms with Crippen LogP contribution >= 0.6 is 0 Å². The summed E-state index contributed by atoms with van der Waals surface area (Å²) in [6.45, 7) is 2.29. The highest BCUT2D eigenvalue weighted by Crippen LogP contribution is 2.28. The van der Waals surface area contributed by atoms with Gasteiger partial charge in [-0.3, -0.25) is 4.79 Å². The fourth-order valence-electron chi connectivity index (χ4n) is 4.54. The second-order valence-electron chi connectivity index (χ2n) is 8.67. The predicted molar refractivity (Wildman–Crippen MR) is 122 cm³/mol. The number of carbonyl (C=O) groups excluding carboxylic acids is 1. The van der Waals surface area contributed by atoms with Gasteiger partial charge < -0.3 is 9.42 Å². The maximum Gasteiger partial charge on any atom is 0.258 e. The van der Waals surface area contributed by atoms with Gasteiger partial charge in [-0.25, -0.2) is 12.8 Å². The van der Waals surface area contributed by atoms with Crippen molar-refractivity contribution >= 4 is 15.9 Å². The molecule has 2 aromatic carbocycles. The van der Waals surface area contributed by atoms with E-state index in [1.807, 2.05) is 4.90 Å². The summed E-state index contributed by atoms with van der Waals surface area (Å²) in [5, 5.41) is 3.93. The molecule has 1 amide bonds. The molecule has 178 valence electrons. The number of likely N-dealkylation sites (tertiary alicyclic amines) is 1. The Morgan fingerprint density at radius 3 is 2.35 bits per heavy atom. The molecule has 34 heavy (non-hydrogen) atoms. The van der Waals surface area contributed by atoms with Gasteiger partial charge in [-0.05, 0) is 68.1 Å². The van der Waals surface area contributed by atoms with Crippen molar-refractivity contribution < 1.29 is 22.1 Å². The van der Waals surface area contributed by atoms with Gasteiger partial charge in [-0.1, -0.05) is 11.2 Å². The number of piperidine rings is 1. The molecule has 2 aliphatic heterocycles. The Hall–Kier alpha value is -3.11. The van der Waals surface area contributed by atoms with E-state index in [0.717, 1.165) is 25.9 Å². The van der Waals surface area contributed by atoms with Crippen molar-refractivity contribution in [1.82, 2.24) is 19.3 Å². The molecule has 2 fully saturated rings. The average Bonchev–Trinajstić information content (AvgIpc) is 3.57. The highest BCUT2D eigenvalue weighted by molar-refractivity contribution is 7.89. The number of amides is 1. The van der Waals surface area contributed by atoms with Crippen molar-refractivity contribution in [2.24, 2.45) is 5.92 Å². The lowest BCUT2D eigenvalue weighted by Gasteiger charge is -2.32. The molecule has 0 atom stereocenters. The van der Waals surface area contributed by atoms with Crippen LogP contribution in [-0.2, 0) is 14.8 Å². The maximum atomic E-state index is 13.5. The molecule has 10 heteroatoms. The van der Waals surface area contributed by atoms with Gasteiger partial charge in [0.05, 0.1) is 4.90 Å². The molecule has 5 rings (SSSR count). The lowest BCUT2D eigenvalue weighted by atomic mass is 9.97. The third-order valence-electron chi connectivity index (χ3n) is 6.47. The zero-order chi connectivity index (χ0) is 23.7. The first-order valence-electron chi connectivity index (χ1n) is 11.4. The highest BCUT2D eigenvalue weighted by atomic mass is 32.2. The van der Waals surface area contributed by atoms with E-state index in [9.17, 15) is 17.6 Å². The summed E-state index contributed by atoms with van der Waals surface area (Å²) in [5.74, 6) is 0.118. The monoisotopic (exact) mass is 484 g/mol. The Labute approximate surface area is 197 Å². The number of aromatic nitrogens is 2. The number of rotatable bonds is 5. The van der Waals surface area contributed by atoms with Gasteiger partial charge in [0, 0.05) is 43.2 Å². The summed E-state index contributed by atoms with van der Waals surface area (Å²) in [7, 11) is -3.67. The fourth-order valence-corrected chi connectivity index (χ4v) is 6.01. The van der Waals surface area contributed by atoms with Crippen LogP contribution in [0.4, 0.5) is 4.39 Å². The minimum atomic E-state index is -3.67. The number of hydrogen-bond acceptors (Lipinski definition) is 6. The largest absolute Gasteiger partial charge is 0.342 e. The fraction of sp³-hybridized carbons (Fsp3) is 0.375. The zero-order valence-electron chi connectivity index (χ0n) is 18.6. The van der Waals surface area contributed by atoms with Crippen molar-refractivity contribution in [3.63, 3.8) is 0 Å². The Morgan fingerprint density at radius 2 is 1.68 bits per heavy atom. The van der Waals surface area contributed by atoms with Crippen molar-refractivity contribution in [3.05, 3.63) is 54.3 Å². The van der Waals surface area contributed by atoms with E-state index in [1.54, 1.807) is 24.3 Å². The molecule has 3 heterocycles. The number of carbonyl (C=O) groups is 1. The molecule has 2 aliphatic rings. The first-order chi connectivity index (χ1) is 16.4. The van der Waals surface area contributed by atoms with Gasteiger partial charge in [0.25, 0.3) is 5.89 Å². The molecule has 0 bridgehead atoms. The van der Waals surface area contributed by atoms with Gasteiger partial charge in [-0.2, -0.15) is 9.29 Å². The highest BCUT2D eigenvalue weighted by Gasteiger charge is 2.34. The molecule has 0 N–H and O–H groups in total. The Morgan fingerprint density at radius 1 is 0.971 bits per heavy atom. The summed E-state index contributed by atoms with van der Waals surface area (Å²) in [6.07, 6.45) is 3.17. The van der Waals surface area contributed by atoms with Crippen molar-refractivity contribution in [2.45, 2.75) is 30.6 Å². The van der Waals surface area contributed by atoms with E-state index in [2.05, 4.69) is 10.1 Å². The van der Waals surface area contributed by atoms with Crippen LogP contribution in [-0.4, -0.2) is 59.8 Å². The van der Waals surface area contributed by atoms with E-state index >= 15 is 0 Å².